The monoisotopic (exact) mass is 497 g/mol. The minimum atomic E-state index is -3.78. The molecule has 0 spiro atoms. The van der Waals surface area contributed by atoms with E-state index in [1.165, 1.54) is 40.7 Å². The summed E-state index contributed by atoms with van der Waals surface area (Å²) in [5, 5.41) is 10.5. The molecule has 0 aliphatic rings. The fourth-order valence-corrected chi connectivity index (χ4v) is 4.78. The molecule has 0 heterocycles. The van der Waals surface area contributed by atoms with Crippen LogP contribution in [0.4, 0.5) is 22.7 Å². The molecule has 0 fully saturated rings. The van der Waals surface area contributed by atoms with Crippen molar-refractivity contribution >= 4 is 56.0 Å². The van der Waals surface area contributed by atoms with Crippen LogP contribution in [-0.2, 0) is 10.0 Å². The minimum absolute atomic E-state index is 0.0298. The fraction of sp³-hybridized carbons (Fsp3) is 0.0909. The zero-order valence-electron chi connectivity index (χ0n) is 17.8. The van der Waals surface area contributed by atoms with Gasteiger partial charge in [0.05, 0.1) is 10.6 Å². The Hall–Kier alpha value is -4.03. The van der Waals surface area contributed by atoms with Crippen LogP contribution in [0, 0.1) is 9.81 Å². The van der Waals surface area contributed by atoms with Crippen molar-refractivity contribution in [2.45, 2.75) is 11.8 Å². The van der Waals surface area contributed by atoms with Gasteiger partial charge in [-0.2, -0.15) is 0 Å². The smallest absolute Gasteiger partial charge is 0.264 e. The molecule has 0 radical (unpaired) electrons. The zero-order valence-corrected chi connectivity index (χ0v) is 19.5. The highest BCUT2D eigenvalue weighted by molar-refractivity contribution is 7.92. The number of sulfonamides is 1. The van der Waals surface area contributed by atoms with Crippen LogP contribution < -0.4 is 14.9 Å². The lowest BCUT2D eigenvalue weighted by molar-refractivity contribution is 0.0977. The van der Waals surface area contributed by atoms with Crippen LogP contribution in [-0.4, -0.2) is 26.0 Å². The van der Waals surface area contributed by atoms with Gasteiger partial charge in [-0.15, -0.1) is 9.81 Å². The van der Waals surface area contributed by atoms with Gasteiger partial charge in [-0.25, -0.2) is 8.42 Å². The molecule has 0 saturated heterocycles. The Bertz CT molecular complexity index is 1300. The summed E-state index contributed by atoms with van der Waals surface area (Å²) >= 11 is 5.13. The highest BCUT2D eigenvalue weighted by atomic mass is 32.2. The van der Waals surface area contributed by atoms with Crippen molar-refractivity contribution < 1.29 is 13.2 Å². The van der Waals surface area contributed by atoms with E-state index in [9.17, 15) is 23.0 Å². The molecule has 0 bridgehead atoms. The van der Waals surface area contributed by atoms with Gasteiger partial charge >= 0.3 is 0 Å². The van der Waals surface area contributed by atoms with Gasteiger partial charge in [0.1, 0.15) is 11.4 Å². The molecule has 0 aromatic heterocycles. The highest BCUT2D eigenvalue weighted by Gasteiger charge is 2.23. The summed E-state index contributed by atoms with van der Waals surface area (Å²) < 4.78 is 27.4. The third-order valence-electron chi connectivity index (χ3n) is 4.63. The first kappa shape index (κ1) is 24.6. The van der Waals surface area contributed by atoms with Crippen LogP contribution in [0.1, 0.15) is 17.3 Å². The summed E-state index contributed by atoms with van der Waals surface area (Å²) in [5.41, 5.74) is 0.699. The molecule has 174 valence electrons. The number of nitrogens with zero attached hydrogens (tertiary/aromatic N) is 3. The van der Waals surface area contributed by atoms with E-state index in [1.807, 2.05) is 0 Å². The van der Waals surface area contributed by atoms with E-state index in [-0.39, 0.29) is 33.5 Å². The number of nitroso groups, excluding NO2 is 2. The third kappa shape index (κ3) is 5.66. The molecule has 0 unspecified atom stereocenters. The van der Waals surface area contributed by atoms with Gasteiger partial charge in [0.2, 0.25) is 0 Å². The first-order chi connectivity index (χ1) is 16.3. The number of anilines is 2. The zero-order chi connectivity index (χ0) is 24.7. The number of amides is 1. The molecule has 3 aromatic carbocycles. The van der Waals surface area contributed by atoms with Crippen molar-refractivity contribution in [3.63, 3.8) is 0 Å². The second-order valence-corrected chi connectivity index (χ2v) is 9.13. The van der Waals surface area contributed by atoms with E-state index >= 15 is 0 Å². The lowest BCUT2D eigenvalue weighted by Crippen LogP contribution is -2.34. The number of carbonyl (C=O) groups is 1. The Kier molecular flexibility index (Phi) is 7.76. The van der Waals surface area contributed by atoms with E-state index in [0.29, 0.717) is 11.4 Å². The second-order valence-electron chi connectivity index (χ2n) is 6.86. The normalized spacial score (nSPS) is 10.7. The minimum Gasteiger partial charge on any atom is -0.332 e. The van der Waals surface area contributed by atoms with Gasteiger partial charge < -0.3 is 5.32 Å². The van der Waals surface area contributed by atoms with Gasteiger partial charge in [-0.3, -0.25) is 14.4 Å². The van der Waals surface area contributed by atoms with Crippen molar-refractivity contribution in [2.24, 2.45) is 10.4 Å². The SMILES string of the molecule is CCN(c1ccccc1)S(=O)(=O)c1ccc(NC(=S)NC(=O)c2cc(N=O)cc(N=O)c2)cc1. The molecule has 0 atom stereocenters. The summed E-state index contributed by atoms with van der Waals surface area (Å²) in [7, 11) is -3.78. The molecule has 34 heavy (non-hydrogen) atoms. The van der Waals surface area contributed by atoms with Crippen LogP contribution in [0.5, 0.6) is 0 Å². The predicted molar refractivity (Wildman–Crippen MR) is 134 cm³/mol. The molecule has 0 aliphatic heterocycles. The number of benzene rings is 3. The van der Waals surface area contributed by atoms with Gasteiger partial charge in [0.15, 0.2) is 5.11 Å². The van der Waals surface area contributed by atoms with Crippen molar-refractivity contribution in [2.75, 3.05) is 16.2 Å². The van der Waals surface area contributed by atoms with E-state index < -0.39 is 15.9 Å². The molecule has 12 heteroatoms. The summed E-state index contributed by atoms with van der Waals surface area (Å²) in [5.74, 6) is -0.687. The Morgan fingerprint density at radius 1 is 0.941 bits per heavy atom. The first-order valence-corrected chi connectivity index (χ1v) is 11.7. The van der Waals surface area contributed by atoms with E-state index in [1.54, 1.807) is 37.3 Å². The van der Waals surface area contributed by atoms with Crippen molar-refractivity contribution in [3.8, 4) is 0 Å². The molecule has 10 nitrogen and oxygen atoms in total. The van der Waals surface area contributed by atoms with E-state index in [2.05, 4.69) is 21.0 Å². The molecule has 3 rings (SSSR count). The molecule has 2 N–H and O–H groups in total. The van der Waals surface area contributed by atoms with Crippen LogP contribution >= 0.6 is 12.2 Å². The number of rotatable bonds is 8. The molecular weight excluding hydrogens is 478 g/mol. The predicted octanol–water partition coefficient (Wildman–Crippen LogP) is 4.82. The average Bonchev–Trinajstić information content (AvgIpc) is 2.84. The molecular formula is C22H19N5O5S2. The quantitative estimate of drug-likeness (QED) is 0.336. The fourth-order valence-electron chi connectivity index (χ4n) is 3.09. The standard InChI is InChI=1S/C22H19N5O5S2/c1-2-27(19-6-4-3-5-7-19)34(31,32)20-10-8-16(9-11-20)23-22(33)24-21(28)15-12-17(25-29)14-18(13-15)26-30/h3-14H,2H2,1H3,(H2,23,24,28,33). The maximum absolute atomic E-state index is 13.1. The van der Waals surface area contributed by atoms with Gasteiger partial charge in [0, 0.05) is 17.8 Å². The largest absolute Gasteiger partial charge is 0.332 e. The number of nitrogens with one attached hydrogen (secondary N) is 2. The van der Waals surface area contributed by atoms with Crippen molar-refractivity contribution in [3.05, 3.63) is 88.2 Å². The van der Waals surface area contributed by atoms with Gasteiger partial charge in [-0.05, 0) is 84.1 Å². The lowest BCUT2D eigenvalue weighted by atomic mass is 10.1. The number of hydrogen-bond donors (Lipinski definition) is 2. The van der Waals surface area contributed by atoms with E-state index in [0.717, 1.165) is 6.07 Å². The average molecular weight is 498 g/mol. The maximum atomic E-state index is 13.1. The van der Waals surface area contributed by atoms with Crippen molar-refractivity contribution in [1.29, 1.82) is 0 Å². The maximum Gasteiger partial charge on any atom is 0.264 e. The summed E-state index contributed by atoms with van der Waals surface area (Å²) in [6.45, 7) is 2.00. The van der Waals surface area contributed by atoms with Gasteiger partial charge in [-0.1, -0.05) is 18.2 Å². The number of para-hydroxylation sites is 1. The van der Waals surface area contributed by atoms with Crippen LogP contribution in [0.25, 0.3) is 0 Å². The molecule has 1 amide bonds. The lowest BCUT2D eigenvalue weighted by Gasteiger charge is -2.23. The Morgan fingerprint density at radius 3 is 2.06 bits per heavy atom. The van der Waals surface area contributed by atoms with Crippen molar-refractivity contribution in [1.82, 2.24) is 5.32 Å². The second kappa shape index (κ2) is 10.7. The number of hydrogen-bond acceptors (Lipinski definition) is 8. The number of carbonyl (C=O) groups excluding carboxylic acids is 1. The van der Waals surface area contributed by atoms with Crippen LogP contribution in [0.15, 0.2) is 88.0 Å². The molecule has 0 saturated carbocycles. The molecule has 3 aromatic rings. The van der Waals surface area contributed by atoms with Crippen LogP contribution in [0.2, 0.25) is 0 Å². The Balaban J connectivity index is 1.71. The summed E-state index contributed by atoms with van der Waals surface area (Å²) in [6.07, 6.45) is 0. The topological polar surface area (TPSA) is 137 Å². The highest BCUT2D eigenvalue weighted by Crippen LogP contribution is 2.25. The summed E-state index contributed by atoms with van der Waals surface area (Å²) in [4.78, 5) is 34.0. The van der Waals surface area contributed by atoms with Gasteiger partial charge in [0.25, 0.3) is 15.9 Å². The number of thiocarbonyl (C=S) groups is 1. The van der Waals surface area contributed by atoms with E-state index in [4.69, 9.17) is 12.2 Å². The third-order valence-corrected chi connectivity index (χ3v) is 6.76. The molecule has 0 aliphatic carbocycles. The summed E-state index contributed by atoms with van der Waals surface area (Å²) in [6, 6.07) is 18.1. The first-order valence-electron chi connectivity index (χ1n) is 9.90. The van der Waals surface area contributed by atoms with Crippen LogP contribution in [0.3, 0.4) is 0 Å². The Labute approximate surface area is 201 Å². The Morgan fingerprint density at radius 2 is 1.53 bits per heavy atom.